The Morgan fingerprint density at radius 3 is 2.54 bits per heavy atom. The molecule has 1 aromatic heterocycles. The van der Waals surface area contributed by atoms with E-state index in [4.69, 9.17) is 4.74 Å². The molecule has 0 saturated carbocycles. The van der Waals surface area contributed by atoms with Crippen LogP contribution in [0.3, 0.4) is 0 Å². The van der Waals surface area contributed by atoms with Gasteiger partial charge in [0.25, 0.3) is 0 Å². The molecule has 3 aromatic rings. The Hall–Kier alpha value is -3.08. The van der Waals surface area contributed by atoms with Crippen LogP contribution in [0.25, 0.3) is 0 Å². The minimum atomic E-state index is 0.764. The molecule has 0 aliphatic rings. The first-order valence-electron chi connectivity index (χ1n) is 8.68. The number of benzene rings is 2. The molecule has 0 aliphatic carbocycles. The van der Waals surface area contributed by atoms with Gasteiger partial charge in [-0.15, -0.1) is 0 Å². The minimum absolute atomic E-state index is 0.764. The smallest absolute Gasteiger partial charge is 0.135 e. The lowest BCUT2D eigenvalue weighted by Crippen LogP contribution is -2.08. The third kappa shape index (κ3) is 4.51. The number of hydrogen-bond acceptors (Lipinski definition) is 5. The Balaban J connectivity index is 1.61. The van der Waals surface area contributed by atoms with Crippen molar-refractivity contribution in [2.75, 3.05) is 24.3 Å². The summed E-state index contributed by atoms with van der Waals surface area (Å²) in [6.45, 7) is 4.97. The molecule has 3 rings (SSSR count). The summed E-state index contributed by atoms with van der Waals surface area (Å²) in [5, 5.41) is 6.67. The Morgan fingerprint density at radius 2 is 1.73 bits per heavy atom. The van der Waals surface area contributed by atoms with E-state index in [1.54, 1.807) is 13.4 Å². The van der Waals surface area contributed by atoms with Gasteiger partial charge in [-0.2, -0.15) is 0 Å². The molecule has 0 atom stereocenters. The molecule has 0 fully saturated rings. The van der Waals surface area contributed by atoms with Crippen molar-refractivity contribution in [1.82, 2.24) is 9.97 Å². The maximum Gasteiger partial charge on any atom is 0.135 e. The van der Waals surface area contributed by atoms with E-state index < -0.39 is 0 Å². The second-order valence-electron chi connectivity index (χ2n) is 6.20. The van der Waals surface area contributed by atoms with Crippen LogP contribution in [0.5, 0.6) is 5.75 Å². The van der Waals surface area contributed by atoms with Crippen LogP contribution in [0, 0.1) is 13.8 Å². The summed E-state index contributed by atoms with van der Waals surface area (Å²) in [5.41, 5.74) is 4.72. The SMILES string of the molecule is COc1ccccc1CCNc1cc(Nc2ccc(C)c(C)c2)ncn1. The van der Waals surface area contributed by atoms with E-state index in [9.17, 15) is 0 Å². The first kappa shape index (κ1) is 17.7. The lowest BCUT2D eigenvalue weighted by molar-refractivity contribution is 0.410. The van der Waals surface area contributed by atoms with Crippen molar-refractivity contribution in [3.63, 3.8) is 0 Å². The van der Waals surface area contributed by atoms with E-state index in [1.165, 1.54) is 16.7 Å². The lowest BCUT2D eigenvalue weighted by Gasteiger charge is -2.11. The summed E-state index contributed by atoms with van der Waals surface area (Å²) < 4.78 is 5.39. The standard InChI is InChI=1S/C21H24N4O/c1-15-8-9-18(12-16(15)2)25-21-13-20(23-14-24-21)22-11-10-17-6-4-5-7-19(17)26-3/h4-9,12-14H,10-11H2,1-3H3,(H2,22,23,24,25). The van der Waals surface area contributed by atoms with E-state index in [2.05, 4.69) is 58.7 Å². The van der Waals surface area contributed by atoms with Crippen molar-refractivity contribution in [3.05, 3.63) is 71.5 Å². The van der Waals surface area contributed by atoms with Gasteiger partial charge in [0.1, 0.15) is 23.7 Å². The first-order valence-corrected chi connectivity index (χ1v) is 8.68. The largest absolute Gasteiger partial charge is 0.496 e. The fraction of sp³-hybridized carbons (Fsp3) is 0.238. The van der Waals surface area contributed by atoms with Gasteiger partial charge in [-0.05, 0) is 55.2 Å². The van der Waals surface area contributed by atoms with Crippen molar-refractivity contribution in [1.29, 1.82) is 0 Å². The topological polar surface area (TPSA) is 59.1 Å². The molecule has 2 N–H and O–H groups in total. The second-order valence-corrected chi connectivity index (χ2v) is 6.20. The third-order valence-corrected chi connectivity index (χ3v) is 4.34. The zero-order valence-electron chi connectivity index (χ0n) is 15.4. The highest BCUT2D eigenvalue weighted by atomic mass is 16.5. The van der Waals surface area contributed by atoms with Gasteiger partial charge in [0.2, 0.25) is 0 Å². The quantitative estimate of drug-likeness (QED) is 0.658. The number of para-hydroxylation sites is 1. The van der Waals surface area contributed by atoms with Gasteiger partial charge in [0, 0.05) is 18.3 Å². The van der Waals surface area contributed by atoms with Crippen molar-refractivity contribution in [2.24, 2.45) is 0 Å². The summed E-state index contributed by atoms with van der Waals surface area (Å²) in [5.74, 6) is 2.47. The van der Waals surface area contributed by atoms with Crippen LogP contribution in [0.2, 0.25) is 0 Å². The fourth-order valence-electron chi connectivity index (χ4n) is 2.72. The number of hydrogen-bond donors (Lipinski definition) is 2. The number of ether oxygens (including phenoxy) is 1. The monoisotopic (exact) mass is 348 g/mol. The van der Waals surface area contributed by atoms with Gasteiger partial charge in [-0.25, -0.2) is 9.97 Å². The maximum absolute atomic E-state index is 5.39. The third-order valence-electron chi connectivity index (χ3n) is 4.34. The Morgan fingerprint density at radius 1 is 0.923 bits per heavy atom. The molecule has 2 aromatic carbocycles. The molecule has 0 radical (unpaired) electrons. The molecule has 134 valence electrons. The summed E-state index contributed by atoms with van der Waals surface area (Å²) in [7, 11) is 1.70. The van der Waals surface area contributed by atoms with E-state index >= 15 is 0 Å². The van der Waals surface area contributed by atoms with Gasteiger partial charge in [-0.3, -0.25) is 0 Å². The first-order chi connectivity index (χ1) is 12.7. The minimum Gasteiger partial charge on any atom is -0.496 e. The van der Waals surface area contributed by atoms with E-state index in [0.29, 0.717) is 0 Å². The summed E-state index contributed by atoms with van der Waals surface area (Å²) in [6, 6.07) is 16.2. The van der Waals surface area contributed by atoms with E-state index in [-0.39, 0.29) is 0 Å². The van der Waals surface area contributed by atoms with Gasteiger partial charge in [0.05, 0.1) is 7.11 Å². The zero-order valence-corrected chi connectivity index (χ0v) is 15.4. The van der Waals surface area contributed by atoms with Crippen molar-refractivity contribution in [2.45, 2.75) is 20.3 Å². The van der Waals surface area contributed by atoms with E-state index in [1.807, 2.05) is 24.3 Å². The zero-order chi connectivity index (χ0) is 18.4. The van der Waals surface area contributed by atoms with Crippen molar-refractivity contribution >= 4 is 17.3 Å². The van der Waals surface area contributed by atoms with Crippen LogP contribution >= 0.6 is 0 Å². The molecule has 0 amide bonds. The highest BCUT2D eigenvalue weighted by molar-refractivity contribution is 5.60. The molecule has 0 bridgehead atoms. The lowest BCUT2D eigenvalue weighted by atomic mass is 10.1. The number of methoxy groups -OCH3 is 1. The van der Waals surface area contributed by atoms with Crippen LogP contribution in [-0.4, -0.2) is 23.6 Å². The van der Waals surface area contributed by atoms with Gasteiger partial charge in [-0.1, -0.05) is 24.3 Å². The number of nitrogens with one attached hydrogen (secondary N) is 2. The molecule has 0 saturated heterocycles. The average Bonchev–Trinajstić information content (AvgIpc) is 2.65. The molecule has 5 nitrogen and oxygen atoms in total. The van der Waals surface area contributed by atoms with E-state index in [0.717, 1.165) is 36.0 Å². The van der Waals surface area contributed by atoms with Crippen LogP contribution in [0.15, 0.2) is 54.9 Å². The summed E-state index contributed by atoms with van der Waals surface area (Å²) >= 11 is 0. The van der Waals surface area contributed by atoms with Crippen molar-refractivity contribution in [3.8, 4) is 5.75 Å². The highest BCUT2D eigenvalue weighted by Crippen LogP contribution is 2.20. The molecule has 0 aliphatic heterocycles. The summed E-state index contributed by atoms with van der Waals surface area (Å²) in [6.07, 6.45) is 2.42. The summed E-state index contributed by atoms with van der Waals surface area (Å²) in [4.78, 5) is 8.59. The molecule has 0 unspecified atom stereocenters. The molecular weight excluding hydrogens is 324 g/mol. The number of anilines is 3. The number of aromatic nitrogens is 2. The molecule has 1 heterocycles. The van der Waals surface area contributed by atoms with Gasteiger partial charge >= 0.3 is 0 Å². The van der Waals surface area contributed by atoms with Gasteiger partial charge < -0.3 is 15.4 Å². The fourth-order valence-corrected chi connectivity index (χ4v) is 2.72. The Bertz CT molecular complexity index is 879. The number of rotatable bonds is 7. The van der Waals surface area contributed by atoms with Crippen LogP contribution in [0.1, 0.15) is 16.7 Å². The maximum atomic E-state index is 5.39. The van der Waals surface area contributed by atoms with Crippen LogP contribution in [0.4, 0.5) is 17.3 Å². The highest BCUT2D eigenvalue weighted by Gasteiger charge is 2.03. The Labute approximate surface area is 154 Å². The number of aryl methyl sites for hydroxylation is 2. The average molecular weight is 348 g/mol. The molecule has 0 spiro atoms. The van der Waals surface area contributed by atoms with Crippen molar-refractivity contribution < 1.29 is 4.74 Å². The molecule has 26 heavy (non-hydrogen) atoms. The molecular formula is C21H24N4O. The molecule has 5 heteroatoms. The number of nitrogens with zero attached hydrogens (tertiary/aromatic N) is 2. The predicted octanol–water partition coefficient (Wildman–Crippen LogP) is 4.50. The Kier molecular flexibility index (Phi) is 5.69. The predicted molar refractivity (Wildman–Crippen MR) is 106 cm³/mol. The normalized spacial score (nSPS) is 10.4. The van der Waals surface area contributed by atoms with Crippen LogP contribution in [-0.2, 0) is 6.42 Å². The van der Waals surface area contributed by atoms with Crippen LogP contribution < -0.4 is 15.4 Å². The second kappa shape index (κ2) is 8.34. The van der Waals surface area contributed by atoms with Gasteiger partial charge in [0.15, 0.2) is 0 Å².